The smallest absolute Gasteiger partial charge is 0.273 e. The van der Waals surface area contributed by atoms with Crippen LogP contribution in [0, 0.1) is 15.5 Å². The molecule has 1 saturated heterocycles. The third-order valence-corrected chi connectivity index (χ3v) is 8.03. The maximum atomic E-state index is 13.6. The monoisotopic (exact) mass is 476 g/mol. The number of rotatable bonds is 4. The minimum atomic E-state index is -4.67. The molecule has 2 aromatic rings. The fraction of sp³-hybridized carbons (Fsp3) is 0.286. The Morgan fingerprint density at radius 2 is 1.78 bits per heavy atom. The topological polar surface area (TPSA) is 132 Å². The summed E-state index contributed by atoms with van der Waals surface area (Å²) in [7, 11) is -4.67. The predicted molar refractivity (Wildman–Crippen MR) is 112 cm³/mol. The van der Waals surface area contributed by atoms with E-state index in [-0.39, 0.29) is 29.3 Å². The molecule has 0 aromatic heterocycles. The molecule has 1 heterocycles. The first kappa shape index (κ1) is 22.1. The first-order valence-corrected chi connectivity index (χ1v) is 11.6. The molecule has 32 heavy (non-hydrogen) atoms. The van der Waals surface area contributed by atoms with Gasteiger partial charge < -0.3 is 0 Å². The van der Waals surface area contributed by atoms with E-state index in [1.165, 1.54) is 0 Å². The van der Waals surface area contributed by atoms with Gasteiger partial charge in [-0.2, -0.15) is 4.31 Å². The number of halogens is 1. The standard InChI is InChI=1S/C21H17ClN2O7S/c22-14-4-1-3-13(11-14)17-12-19(26)23(20(27)21(17)10-2-5-18(21)25)32(30,31)16-8-6-15(7-9-16)24(28)29/h1,3-4,6-9,11,17H,2,5,10,12H2/t17-,21-/m0/s1. The molecule has 0 unspecified atom stereocenters. The summed E-state index contributed by atoms with van der Waals surface area (Å²) < 4.78 is 26.6. The van der Waals surface area contributed by atoms with Crippen molar-refractivity contribution in [2.24, 2.45) is 5.41 Å². The number of non-ortho nitro benzene ring substituents is 1. The Balaban J connectivity index is 1.81. The number of piperidine rings is 1. The van der Waals surface area contributed by atoms with Crippen molar-refractivity contribution in [2.75, 3.05) is 0 Å². The number of carbonyl (C=O) groups is 3. The molecule has 1 saturated carbocycles. The van der Waals surface area contributed by atoms with E-state index in [9.17, 15) is 32.9 Å². The second-order valence-electron chi connectivity index (χ2n) is 7.78. The van der Waals surface area contributed by atoms with E-state index in [0.717, 1.165) is 24.3 Å². The quantitative estimate of drug-likeness (QED) is 0.286. The molecule has 0 bridgehead atoms. The van der Waals surface area contributed by atoms with Crippen LogP contribution in [0.2, 0.25) is 5.02 Å². The zero-order valence-electron chi connectivity index (χ0n) is 16.6. The highest BCUT2D eigenvalue weighted by Gasteiger charge is 2.62. The molecular weight excluding hydrogens is 460 g/mol. The number of ketones is 1. The zero-order valence-corrected chi connectivity index (χ0v) is 18.1. The van der Waals surface area contributed by atoms with Crippen LogP contribution in [-0.2, 0) is 24.4 Å². The average Bonchev–Trinajstić information content (AvgIpc) is 3.12. The second-order valence-corrected chi connectivity index (χ2v) is 10.0. The maximum Gasteiger partial charge on any atom is 0.273 e. The van der Waals surface area contributed by atoms with Gasteiger partial charge in [-0.05, 0) is 42.7 Å². The van der Waals surface area contributed by atoms with Crippen molar-refractivity contribution in [1.29, 1.82) is 0 Å². The number of nitro groups is 1. The van der Waals surface area contributed by atoms with Gasteiger partial charge in [0.1, 0.15) is 11.2 Å². The number of Topliss-reactive ketones (excluding diaryl/α,β-unsaturated/α-hetero) is 1. The van der Waals surface area contributed by atoms with Crippen molar-refractivity contribution in [1.82, 2.24) is 4.31 Å². The third-order valence-electron chi connectivity index (χ3n) is 6.08. The summed E-state index contributed by atoms with van der Waals surface area (Å²) >= 11 is 6.08. The second kappa shape index (κ2) is 7.79. The SMILES string of the molecule is O=C1C[C@@H](c2cccc(Cl)c2)[C@]2(CCCC2=O)C(=O)N1S(=O)(=O)c1ccc([N+](=O)[O-])cc1. The van der Waals surface area contributed by atoms with Gasteiger partial charge in [-0.3, -0.25) is 24.5 Å². The normalized spacial score (nSPS) is 23.7. The Bertz CT molecular complexity index is 1260. The van der Waals surface area contributed by atoms with Gasteiger partial charge in [-0.25, -0.2) is 8.42 Å². The van der Waals surface area contributed by atoms with E-state index in [4.69, 9.17) is 11.6 Å². The number of benzene rings is 2. The van der Waals surface area contributed by atoms with Gasteiger partial charge in [0.05, 0.1) is 9.82 Å². The fourth-order valence-electron chi connectivity index (χ4n) is 4.57. The van der Waals surface area contributed by atoms with Crippen molar-refractivity contribution >= 4 is 44.9 Å². The van der Waals surface area contributed by atoms with Crippen LogP contribution >= 0.6 is 11.6 Å². The maximum absolute atomic E-state index is 13.6. The van der Waals surface area contributed by atoms with Gasteiger partial charge in [0.25, 0.3) is 21.6 Å². The number of nitrogens with zero attached hydrogens (tertiary/aromatic N) is 2. The van der Waals surface area contributed by atoms with Gasteiger partial charge in [-0.15, -0.1) is 0 Å². The number of carbonyl (C=O) groups excluding carboxylic acids is 3. The van der Waals surface area contributed by atoms with Crippen molar-refractivity contribution in [3.05, 3.63) is 69.2 Å². The zero-order chi connectivity index (χ0) is 23.3. The largest absolute Gasteiger partial charge is 0.298 e. The van der Waals surface area contributed by atoms with Crippen LogP contribution in [0.3, 0.4) is 0 Å². The molecule has 166 valence electrons. The Morgan fingerprint density at radius 1 is 1.09 bits per heavy atom. The lowest BCUT2D eigenvalue weighted by molar-refractivity contribution is -0.384. The Morgan fingerprint density at radius 3 is 2.34 bits per heavy atom. The van der Waals surface area contributed by atoms with E-state index in [1.807, 2.05) is 0 Å². The fourth-order valence-corrected chi connectivity index (χ4v) is 6.19. The number of imide groups is 1. The predicted octanol–water partition coefficient (Wildman–Crippen LogP) is 3.22. The summed E-state index contributed by atoms with van der Waals surface area (Å²) in [6, 6.07) is 10.3. The van der Waals surface area contributed by atoms with E-state index in [2.05, 4.69) is 0 Å². The third kappa shape index (κ3) is 3.30. The van der Waals surface area contributed by atoms with Crippen molar-refractivity contribution < 1.29 is 27.7 Å². The van der Waals surface area contributed by atoms with E-state index in [0.29, 0.717) is 17.0 Å². The first-order chi connectivity index (χ1) is 15.1. The molecule has 1 aliphatic carbocycles. The Hall–Kier alpha value is -3.11. The molecule has 2 amide bonds. The van der Waals surface area contributed by atoms with Crippen LogP contribution < -0.4 is 0 Å². The number of nitro benzene ring substituents is 1. The van der Waals surface area contributed by atoms with Crippen LogP contribution in [0.15, 0.2) is 53.4 Å². The molecule has 11 heteroatoms. The van der Waals surface area contributed by atoms with Gasteiger partial charge >= 0.3 is 0 Å². The summed E-state index contributed by atoms with van der Waals surface area (Å²) in [6.07, 6.45) is 0.231. The average molecular weight is 477 g/mol. The van der Waals surface area contributed by atoms with Crippen LogP contribution in [0.4, 0.5) is 5.69 Å². The summed E-state index contributed by atoms with van der Waals surface area (Å²) in [5, 5.41) is 11.2. The summed E-state index contributed by atoms with van der Waals surface area (Å²) in [4.78, 5) is 49.3. The van der Waals surface area contributed by atoms with E-state index < -0.39 is 48.8 Å². The first-order valence-electron chi connectivity index (χ1n) is 9.75. The number of hydrogen-bond acceptors (Lipinski definition) is 7. The van der Waals surface area contributed by atoms with Gasteiger partial charge in [0, 0.05) is 35.9 Å². The molecule has 0 radical (unpaired) electrons. The highest BCUT2D eigenvalue weighted by molar-refractivity contribution is 7.90. The number of sulfonamides is 1. The van der Waals surface area contributed by atoms with Crippen molar-refractivity contribution in [3.63, 3.8) is 0 Å². The molecule has 2 aliphatic rings. The van der Waals surface area contributed by atoms with Gasteiger partial charge in [0.15, 0.2) is 0 Å². The molecular formula is C21H17ClN2O7S. The highest BCUT2D eigenvalue weighted by atomic mass is 35.5. The van der Waals surface area contributed by atoms with Crippen LogP contribution in [-0.4, -0.2) is 35.2 Å². The molecule has 1 spiro atoms. The number of hydrogen-bond donors (Lipinski definition) is 0. The van der Waals surface area contributed by atoms with Crippen molar-refractivity contribution in [2.45, 2.75) is 36.5 Å². The molecule has 2 atom stereocenters. The van der Waals surface area contributed by atoms with E-state index in [1.54, 1.807) is 24.3 Å². The summed E-state index contributed by atoms with van der Waals surface area (Å²) in [6.45, 7) is 0. The van der Waals surface area contributed by atoms with Gasteiger partial charge in [0.2, 0.25) is 5.91 Å². The molecule has 0 N–H and O–H groups in total. The summed E-state index contributed by atoms with van der Waals surface area (Å²) in [5.41, 5.74) is -1.52. The lowest BCUT2D eigenvalue weighted by Gasteiger charge is -2.42. The minimum absolute atomic E-state index is 0.0996. The molecule has 2 aromatic carbocycles. The lowest BCUT2D eigenvalue weighted by atomic mass is 9.66. The van der Waals surface area contributed by atoms with Crippen LogP contribution in [0.1, 0.15) is 37.2 Å². The van der Waals surface area contributed by atoms with Gasteiger partial charge in [-0.1, -0.05) is 23.7 Å². The van der Waals surface area contributed by atoms with Crippen LogP contribution in [0.5, 0.6) is 0 Å². The van der Waals surface area contributed by atoms with E-state index >= 15 is 0 Å². The van der Waals surface area contributed by atoms with Crippen molar-refractivity contribution in [3.8, 4) is 0 Å². The molecule has 2 fully saturated rings. The molecule has 9 nitrogen and oxygen atoms in total. The molecule has 1 aliphatic heterocycles. The highest BCUT2D eigenvalue weighted by Crippen LogP contribution is 2.53. The lowest BCUT2D eigenvalue weighted by Crippen LogP contribution is -2.58. The minimum Gasteiger partial charge on any atom is -0.298 e. The van der Waals surface area contributed by atoms with Crippen LogP contribution in [0.25, 0.3) is 0 Å². The molecule has 4 rings (SSSR count). The summed E-state index contributed by atoms with van der Waals surface area (Å²) in [5.74, 6) is -3.30. The number of amides is 2. The Kier molecular flexibility index (Phi) is 5.38. The Labute approximate surface area is 188 Å².